The standard InChI is InChI=1S/C15H11Cl3N4O/c16-11-4-1-3-10(9-11)15-19-21-22(20-15)7-8-23-14-12(17)5-2-6-13(14)18/h1-6,9H,7-8H2. The minimum atomic E-state index is 0.314. The number of ether oxygens (including phenoxy) is 1. The van der Waals surface area contributed by atoms with Crippen molar-refractivity contribution in [3.63, 3.8) is 0 Å². The van der Waals surface area contributed by atoms with Crippen LogP contribution in [-0.4, -0.2) is 26.8 Å². The van der Waals surface area contributed by atoms with Gasteiger partial charge in [-0.25, -0.2) is 0 Å². The normalized spacial score (nSPS) is 10.7. The van der Waals surface area contributed by atoms with Crippen molar-refractivity contribution in [1.29, 1.82) is 0 Å². The Morgan fingerprint density at radius 2 is 1.74 bits per heavy atom. The number of nitrogens with zero attached hydrogens (tertiary/aromatic N) is 4. The molecule has 0 amide bonds. The summed E-state index contributed by atoms with van der Waals surface area (Å²) in [5.41, 5.74) is 0.804. The fourth-order valence-electron chi connectivity index (χ4n) is 1.93. The maximum Gasteiger partial charge on any atom is 0.204 e. The van der Waals surface area contributed by atoms with E-state index in [-0.39, 0.29) is 0 Å². The third-order valence-corrected chi connectivity index (χ3v) is 3.82. The lowest BCUT2D eigenvalue weighted by atomic mass is 10.2. The van der Waals surface area contributed by atoms with Crippen LogP contribution in [0.25, 0.3) is 11.4 Å². The van der Waals surface area contributed by atoms with Crippen LogP contribution in [0.4, 0.5) is 0 Å². The molecule has 3 rings (SSSR count). The summed E-state index contributed by atoms with van der Waals surface area (Å²) in [6, 6.07) is 12.5. The predicted octanol–water partition coefficient (Wildman–Crippen LogP) is 4.38. The van der Waals surface area contributed by atoms with Crippen molar-refractivity contribution >= 4 is 34.8 Å². The van der Waals surface area contributed by atoms with Crippen LogP contribution in [0.5, 0.6) is 5.75 Å². The summed E-state index contributed by atoms with van der Waals surface area (Å²) in [6.07, 6.45) is 0. The quantitative estimate of drug-likeness (QED) is 0.670. The molecule has 0 aliphatic rings. The Labute approximate surface area is 147 Å². The Morgan fingerprint density at radius 1 is 1.00 bits per heavy atom. The van der Waals surface area contributed by atoms with Crippen LogP contribution < -0.4 is 4.74 Å². The van der Waals surface area contributed by atoms with Crippen LogP contribution in [0, 0.1) is 0 Å². The van der Waals surface area contributed by atoms with E-state index < -0.39 is 0 Å². The second-order valence-electron chi connectivity index (χ2n) is 4.62. The number of halogens is 3. The van der Waals surface area contributed by atoms with Crippen molar-refractivity contribution in [2.75, 3.05) is 6.61 Å². The first-order chi connectivity index (χ1) is 11.1. The van der Waals surface area contributed by atoms with Gasteiger partial charge in [-0.1, -0.05) is 53.0 Å². The molecule has 0 fully saturated rings. The molecular weight excluding hydrogens is 359 g/mol. The van der Waals surface area contributed by atoms with Gasteiger partial charge in [0, 0.05) is 10.6 Å². The molecule has 0 bridgehead atoms. The number of benzene rings is 2. The molecule has 0 aliphatic carbocycles. The Morgan fingerprint density at radius 3 is 2.48 bits per heavy atom. The highest BCUT2D eigenvalue weighted by Gasteiger charge is 2.09. The molecule has 23 heavy (non-hydrogen) atoms. The molecule has 118 valence electrons. The minimum absolute atomic E-state index is 0.314. The lowest BCUT2D eigenvalue weighted by Gasteiger charge is -2.08. The smallest absolute Gasteiger partial charge is 0.204 e. The van der Waals surface area contributed by atoms with Gasteiger partial charge in [-0.3, -0.25) is 0 Å². The van der Waals surface area contributed by atoms with E-state index in [2.05, 4.69) is 15.4 Å². The average Bonchev–Trinajstić information content (AvgIpc) is 2.99. The molecule has 2 aromatic carbocycles. The molecule has 0 atom stereocenters. The third-order valence-electron chi connectivity index (χ3n) is 2.99. The van der Waals surface area contributed by atoms with Crippen molar-refractivity contribution in [3.05, 3.63) is 57.5 Å². The van der Waals surface area contributed by atoms with Crippen molar-refractivity contribution < 1.29 is 4.74 Å². The molecule has 8 heteroatoms. The Bertz CT molecular complexity index is 802. The van der Waals surface area contributed by atoms with E-state index in [0.29, 0.717) is 39.8 Å². The van der Waals surface area contributed by atoms with Gasteiger partial charge in [0.15, 0.2) is 5.75 Å². The van der Waals surface area contributed by atoms with Crippen molar-refractivity contribution in [2.45, 2.75) is 6.54 Å². The first kappa shape index (κ1) is 16.1. The zero-order chi connectivity index (χ0) is 16.2. The summed E-state index contributed by atoms with van der Waals surface area (Å²) in [6.45, 7) is 0.726. The average molecular weight is 370 g/mol. The molecule has 0 saturated carbocycles. The predicted molar refractivity (Wildman–Crippen MR) is 90.2 cm³/mol. The van der Waals surface area contributed by atoms with Crippen LogP contribution in [-0.2, 0) is 6.54 Å². The van der Waals surface area contributed by atoms with E-state index in [1.54, 1.807) is 30.3 Å². The molecule has 1 heterocycles. The van der Waals surface area contributed by atoms with E-state index in [1.807, 2.05) is 12.1 Å². The molecule has 1 aromatic heterocycles. The van der Waals surface area contributed by atoms with Crippen LogP contribution >= 0.6 is 34.8 Å². The monoisotopic (exact) mass is 368 g/mol. The topological polar surface area (TPSA) is 52.8 Å². The molecule has 0 spiro atoms. The number of para-hydroxylation sites is 1. The van der Waals surface area contributed by atoms with Crippen LogP contribution in [0.2, 0.25) is 15.1 Å². The number of hydrogen-bond acceptors (Lipinski definition) is 4. The Hall–Kier alpha value is -1.82. The van der Waals surface area contributed by atoms with Gasteiger partial charge in [0.05, 0.1) is 16.6 Å². The minimum Gasteiger partial charge on any atom is -0.488 e. The van der Waals surface area contributed by atoms with E-state index in [4.69, 9.17) is 39.5 Å². The highest BCUT2D eigenvalue weighted by molar-refractivity contribution is 6.37. The zero-order valence-electron chi connectivity index (χ0n) is 11.8. The molecule has 5 nitrogen and oxygen atoms in total. The fourth-order valence-corrected chi connectivity index (χ4v) is 2.63. The van der Waals surface area contributed by atoms with Crippen LogP contribution in [0.3, 0.4) is 0 Å². The molecule has 3 aromatic rings. The van der Waals surface area contributed by atoms with Crippen molar-refractivity contribution in [1.82, 2.24) is 20.2 Å². The van der Waals surface area contributed by atoms with Gasteiger partial charge in [0.25, 0.3) is 0 Å². The Balaban J connectivity index is 1.64. The SMILES string of the molecule is Clc1cccc(-c2nnn(CCOc3c(Cl)cccc3Cl)n2)c1. The number of tetrazole rings is 1. The van der Waals surface area contributed by atoms with E-state index in [0.717, 1.165) is 5.56 Å². The first-order valence-electron chi connectivity index (χ1n) is 6.74. The number of aromatic nitrogens is 4. The molecule has 0 aliphatic heterocycles. The van der Waals surface area contributed by atoms with Gasteiger partial charge in [-0.05, 0) is 29.5 Å². The molecule has 0 unspecified atom stereocenters. The van der Waals surface area contributed by atoms with Gasteiger partial charge in [0.2, 0.25) is 5.82 Å². The van der Waals surface area contributed by atoms with Gasteiger partial charge in [-0.2, -0.15) is 4.80 Å². The first-order valence-corrected chi connectivity index (χ1v) is 7.87. The van der Waals surface area contributed by atoms with Gasteiger partial charge < -0.3 is 4.74 Å². The van der Waals surface area contributed by atoms with E-state index in [1.165, 1.54) is 4.80 Å². The van der Waals surface area contributed by atoms with E-state index >= 15 is 0 Å². The van der Waals surface area contributed by atoms with Crippen molar-refractivity contribution in [2.24, 2.45) is 0 Å². The van der Waals surface area contributed by atoms with Gasteiger partial charge in [0.1, 0.15) is 6.61 Å². The van der Waals surface area contributed by atoms with Crippen LogP contribution in [0.1, 0.15) is 0 Å². The van der Waals surface area contributed by atoms with Crippen LogP contribution in [0.15, 0.2) is 42.5 Å². The maximum atomic E-state index is 6.04. The molecule has 0 N–H and O–H groups in total. The highest BCUT2D eigenvalue weighted by atomic mass is 35.5. The largest absolute Gasteiger partial charge is 0.488 e. The maximum absolute atomic E-state index is 6.04. The molecule has 0 saturated heterocycles. The molecular formula is C15H11Cl3N4O. The summed E-state index contributed by atoms with van der Waals surface area (Å²) in [4.78, 5) is 1.45. The number of rotatable bonds is 5. The highest BCUT2D eigenvalue weighted by Crippen LogP contribution is 2.32. The fraction of sp³-hybridized carbons (Fsp3) is 0.133. The summed E-state index contributed by atoms with van der Waals surface area (Å²) in [7, 11) is 0. The summed E-state index contributed by atoms with van der Waals surface area (Å²) in [5, 5.41) is 13.8. The number of hydrogen-bond donors (Lipinski definition) is 0. The van der Waals surface area contributed by atoms with Gasteiger partial charge >= 0.3 is 0 Å². The zero-order valence-corrected chi connectivity index (χ0v) is 14.1. The second kappa shape index (κ2) is 7.17. The molecule has 0 radical (unpaired) electrons. The summed E-state index contributed by atoms with van der Waals surface area (Å²) < 4.78 is 5.59. The third kappa shape index (κ3) is 3.93. The summed E-state index contributed by atoms with van der Waals surface area (Å²) >= 11 is 18.0. The second-order valence-corrected chi connectivity index (χ2v) is 5.87. The van der Waals surface area contributed by atoms with E-state index in [9.17, 15) is 0 Å². The summed E-state index contributed by atoms with van der Waals surface area (Å²) in [5.74, 6) is 0.953. The van der Waals surface area contributed by atoms with Crippen molar-refractivity contribution in [3.8, 4) is 17.1 Å². The lowest BCUT2D eigenvalue weighted by Crippen LogP contribution is -2.11. The lowest BCUT2D eigenvalue weighted by molar-refractivity contribution is 0.280. The Kier molecular flexibility index (Phi) is 5.00. The van der Waals surface area contributed by atoms with Gasteiger partial charge in [-0.15, -0.1) is 10.2 Å².